The smallest absolute Gasteiger partial charge is 0.134 e. The largest absolute Gasteiger partial charge is 0.495 e. The molecule has 2 rings (SSSR count). The number of aliphatic hydroxyl groups excluding tert-OH is 1. The Kier molecular flexibility index (Phi) is 5.25. The molecule has 0 spiro atoms. The fourth-order valence-electron chi connectivity index (χ4n) is 2.13. The van der Waals surface area contributed by atoms with Crippen molar-refractivity contribution in [3.63, 3.8) is 0 Å². The van der Waals surface area contributed by atoms with Crippen LogP contribution in [0.5, 0.6) is 5.75 Å². The minimum absolute atomic E-state index is 0.155. The highest BCUT2D eigenvalue weighted by molar-refractivity contribution is 5.50. The molecule has 3 heteroatoms. The van der Waals surface area contributed by atoms with Crippen molar-refractivity contribution in [2.75, 3.05) is 25.7 Å². The molecule has 0 heterocycles. The van der Waals surface area contributed by atoms with Crippen LogP contribution in [0.1, 0.15) is 11.1 Å². The molecule has 0 saturated heterocycles. The van der Waals surface area contributed by atoms with E-state index in [-0.39, 0.29) is 6.61 Å². The molecule has 21 heavy (non-hydrogen) atoms. The predicted octanol–water partition coefficient (Wildman–Crippen LogP) is 2.68. The molecule has 0 radical (unpaired) electrons. The summed E-state index contributed by atoms with van der Waals surface area (Å²) < 4.78 is 5.29. The molecule has 0 unspecified atom stereocenters. The van der Waals surface area contributed by atoms with Crippen LogP contribution in [0.4, 0.5) is 5.69 Å². The fourth-order valence-corrected chi connectivity index (χ4v) is 2.13. The van der Waals surface area contributed by atoms with Crippen LogP contribution in [-0.2, 0) is 6.54 Å². The molecule has 2 aromatic rings. The van der Waals surface area contributed by atoms with Crippen molar-refractivity contribution in [2.45, 2.75) is 6.54 Å². The van der Waals surface area contributed by atoms with E-state index in [0.717, 1.165) is 29.1 Å². The number of benzene rings is 2. The summed E-state index contributed by atoms with van der Waals surface area (Å²) in [6.07, 6.45) is 0. The van der Waals surface area contributed by atoms with Crippen LogP contribution in [0.3, 0.4) is 0 Å². The van der Waals surface area contributed by atoms with E-state index >= 15 is 0 Å². The summed E-state index contributed by atoms with van der Waals surface area (Å²) in [5, 5.41) is 8.83. The minimum atomic E-state index is -0.155. The second-order valence-electron chi connectivity index (χ2n) is 4.69. The molecular formula is C18H19NO2. The molecule has 0 atom stereocenters. The number of rotatable bonds is 4. The number of para-hydroxylation sites is 1. The first-order valence-electron chi connectivity index (χ1n) is 6.77. The summed E-state index contributed by atoms with van der Waals surface area (Å²) in [7, 11) is 3.67. The topological polar surface area (TPSA) is 32.7 Å². The van der Waals surface area contributed by atoms with Gasteiger partial charge in [-0.2, -0.15) is 0 Å². The van der Waals surface area contributed by atoms with Crippen LogP contribution in [0.25, 0.3) is 0 Å². The zero-order valence-electron chi connectivity index (χ0n) is 12.3. The molecule has 108 valence electrons. The van der Waals surface area contributed by atoms with Gasteiger partial charge in [0.2, 0.25) is 0 Å². The second-order valence-corrected chi connectivity index (χ2v) is 4.69. The van der Waals surface area contributed by atoms with Crippen LogP contribution in [0, 0.1) is 11.8 Å². The van der Waals surface area contributed by atoms with Crippen LogP contribution in [0.15, 0.2) is 48.5 Å². The van der Waals surface area contributed by atoms with Crippen molar-refractivity contribution in [3.8, 4) is 17.6 Å². The molecule has 0 saturated carbocycles. The highest BCUT2D eigenvalue weighted by atomic mass is 16.5. The molecule has 2 aromatic carbocycles. The van der Waals surface area contributed by atoms with Gasteiger partial charge in [0.05, 0.1) is 12.7 Å². The van der Waals surface area contributed by atoms with Crippen LogP contribution in [-0.4, -0.2) is 25.9 Å². The average molecular weight is 281 g/mol. The molecule has 0 aliphatic carbocycles. The first-order valence-corrected chi connectivity index (χ1v) is 6.77. The van der Waals surface area contributed by atoms with Crippen LogP contribution < -0.4 is 9.64 Å². The van der Waals surface area contributed by atoms with E-state index in [4.69, 9.17) is 9.84 Å². The Balaban J connectivity index is 2.21. The van der Waals surface area contributed by atoms with E-state index in [1.165, 1.54) is 0 Å². The summed E-state index contributed by atoms with van der Waals surface area (Å²) in [4.78, 5) is 2.17. The maximum atomic E-state index is 8.83. The molecule has 3 nitrogen and oxygen atoms in total. The van der Waals surface area contributed by atoms with Gasteiger partial charge in [0.1, 0.15) is 12.4 Å². The predicted molar refractivity (Wildman–Crippen MR) is 85.5 cm³/mol. The van der Waals surface area contributed by atoms with Crippen molar-refractivity contribution < 1.29 is 9.84 Å². The summed E-state index contributed by atoms with van der Waals surface area (Å²) in [5.74, 6) is 6.31. The fraction of sp³-hybridized carbons (Fsp3) is 0.222. The summed E-state index contributed by atoms with van der Waals surface area (Å²) in [6, 6.07) is 16.2. The SMILES string of the molecule is COc1ccc(CN(C)c2ccccc2)cc1C#CCO. The third-order valence-corrected chi connectivity index (χ3v) is 3.18. The molecule has 0 amide bonds. The Morgan fingerprint density at radius 3 is 2.57 bits per heavy atom. The van der Waals surface area contributed by atoms with Crippen LogP contribution in [0.2, 0.25) is 0 Å². The third-order valence-electron chi connectivity index (χ3n) is 3.18. The lowest BCUT2D eigenvalue weighted by molar-refractivity contribution is 0.350. The van der Waals surface area contributed by atoms with E-state index < -0.39 is 0 Å². The molecule has 0 fully saturated rings. The van der Waals surface area contributed by atoms with Crippen molar-refractivity contribution >= 4 is 5.69 Å². The molecular weight excluding hydrogens is 262 g/mol. The van der Waals surface area contributed by atoms with E-state index in [1.807, 2.05) is 36.4 Å². The van der Waals surface area contributed by atoms with Gasteiger partial charge < -0.3 is 14.7 Å². The highest BCUT2D eigenvalue weighted by Crippen LogP contribution is 2.21. The zero-order chi connectivity index (χ0) is 15.1. The number of hydrogen-bond acceptors (Lipinski definition) is 3. The van der Waals surface area contributed by atoms with E-state index in [9.17, 15) is 0 Å². The first kappa shape index (κ1) is 15.0. The Morgan fingerprint density at radius 1 is 1.14 bits per heavy atom. The first-order chi connectivity index (χ1) is 10.2. The Bertz CT molecular complexity index is 641. The normalized spacial score (nSPS) is 9.67. The maximum absolute atomic E-state index is 8.83. The Morgan fingerprint density at radius 2 is 1.90 bits per heavy atom. The Labute approximate surface area is 125 Å². The lowest BCUT2D eigenvalue weighted by atomic mass is 10.1. The van der Waals surface area contributed by atoms with Gasteiger partial charge in [-0.1, -0.05) is 36.1 Å². The molecule has 1 N–H and O–H groups in total. The van der Waals surface area contributed by atoms with Crippen LogP contribution >= 0.6 is 0 Å². The molecule has 0 aromatic heterocycles. The number of ether oxygens (including phenoxy) is 1. The second kappa shape index (κ2) is 7.37. The molecule has 0 bridgehead atoms. The van der Waals surface area contributed by atoms with Gasteiger partial charge >= 0.3 is 0 Å². The lowest BCUT2D eigenvalue weighted by Gasteiger charge is -2.19. The average Bonchev–Trinajstić information content (AvgIpc) is 2.54. The van der Waals surface area contributed by atoms with Crippen molar-refractivity contribution in [3.05, 3.63) is 59.7 Å². The molecule has 0 aliphatic heterocycles. The van der Waals surface area contributed by atoms with E-state index in [0.29, 0.717) is 0 Å². The van der Waals surface area contributed by atoms with Gasteiger partial charge in [-0.3, -0.25) is 0 Å². The molecule has 0 aliphatic rings. The standard InChI is InChI=1S/C18H19NO2/c1-19(17-8-4-3-5-9-17)14-15-10-11-18(21-2)16(13-15)7-6-12-20/h3-5,8-11,13,20H,12,14H2,1-2H3. The quantitative estimate of drug-likeness (QED) is 0.875. The minimum Gasteiger partial charge on any atom is -0.495 e. The monoisotopic (exact) mass is 281 g/mol. The van der Waals surface area contributed by atoms with Crippen molar-refractivity contribution in [2.24, 2.45) is 0 Å². The summed E-state index contributed by atoms with van der Waals surface area (Å²) >= 11 is 0. The van der Waals surface area contributed by atoms with Gasteiger partial charge in [0.25, 0.3) is 0 Å². The third kappa shape index (κ3) is 4.01. The summed E-state index contributed by atoms with van der Waals surface area (Å²) in [5.41, 5.74) is 3.10. The maximum Gasteiger partial charge on any atom is 0.134 e. The van der Waals surface area contributed by atoms with Gasteiger partial charge in [-0.05, 0) is 29.8 Å². The lowest BCUT2D eigenvalue weighted by Crippen LogP contribution is -2.16. The van der Waals surface area contributed by atoms with Gasteiger partial charge in [-0.25, -0.2) is 0 Å². The van der Waals surface area contributed by atoms with E-state index in [2.05, 4.69) is 35.9 Å². The number of aliphatic hydroxyl groups is 1. The zero-order valence-corrected chi connectivity index (χ0v) is 12.3. The number of anilines is 1. The summed E-state index contributed by atoms with van der Waals surface area (Å²) in [6.45, 7) is 0.624. The van der Waals surface area contributed by atoms with Gasteiger partial charge in [0, 0.05) is 19.3 Å². The Hall–Kier alpha value is -2.44. The van der Waals surface area contributed by atoms with Gasteiger partial charge in [-0.15, -0.1) is 0 Å². The number of hydrogen-bond donors (Lipinski definition) is 1. The number of methoxy groups -OCH3 is 1. The van der Waals surface area contributed by atoms with Gasteiger partial charge in [0.15, 0.2) is 0 Å². The van der Waals surface area contributed by atoms with Crippen molar-refractivity contribution in [1.29, 1.82) is 0 Å². The number of nitrogens with zero attached hydrogens (tertiary/aromatic N) is 1. The van der Waals surface area contributed by atoms with E-state index in [1.54, 1.807) is 7.11 Å². The highest BCUT2D eigenvalue weighted by Gasteiger charge is 2.05. The van der Waals surface area contributed by atoms with Crippen molar-refractivity contribution in [1.82, 2.24) is 0 Å².